The van der Waals surface area contributed by atoms with E-state index in [1.165, 1.54) is 12.1 Å². The van der Waals surface area contributed by atoms with Gasteiger partial charge in [0.05, 0.1) is 23.5 Å². The standard InChI is InChI=1S/C13H9ClF3N3O2/c1-22-12(21)11-10(14)7(18)4-8(20-11)6-2-3-9(19-5-6)13(15,16)17/h2-5H,1H3,(H2,18,20). The van der Waals surface area contributed by atoms with Crippen molar-refractivity contribution < 1.29 is 22.7 Å². The maximum atomic E-state index is 12.5. The predicted molar refractivity (Wildman–Crippen MR) is 73.2 cm³/mol. The second-order valence-corrected chi connectivity index (χ2v) is 4.56. The van der Waals surface area contributed by atoms with Gasteiger partial charge >= 0.3 is 12.1 Å². The molecular weight excluding hydrogens is 323 g/mol. The Balaban J connectivity index is 2.49. The van der Waals surface area contributed by atoms with E-state index in [1.54, 1.807) is 0 Å². The van der Waals surface area contributed by atoms with Crippen molar-refractivity contribution in [2.45, 2.75) is 6.18 Å². The van der Waals surface area contributed by atoms with Crippen LogP contribution in [0.4, 0.5) is 18.9 Å². The van der Waals surface area contributed by atoms with E-state index < -0.39 is 17.8 Å². The first kappa shape index (κ1) is 16.0. The van der Waals surface area contributed by atoms with Crippen LogP contribution in [-0.2, 0) is 10.9 Å². The molecule has 5 nitrogen and oxygen atoms in total. The largest absolute Gasteiger partial charge is 0.464 e. The number of methoxy groups -OCH3 is 1. The minimum absolute atomic E-state index is 0.0481. The third-order valence-electron chi connectivity index (χ3n) is 2.71. The molecular formula is C13H9ClF3N3O2. The van der Waals surface area contributed by atoms with Gasteiger partial charge in [-0.25, -0.2) is 9.78 Å². The van der Waals surface area contributed by atoms with Gasteiger partial charge in [0.1, 0.15) is 5.69 Å². The molecule has 0 aliphatic carbocycles. The Kier molecular flexibility index (Phi) is 4.23. The van der Waals surface area contributed by atoms with Crippen molar-refractivity contribution in [2.75, 3.05) is 12.8 Å². The highest BCUT2D eigenvalue weighted by Crippen LogP contribution is 2.31. The zero-order valence-corrected chi connectivity index (χ0v) is 11.9. The van der Waals surface area contributed by atoms with E-state index in [-0.39, 0.29) is 27.7 Å². The minimum Gasteiger partial charge on any atom is -0.464 e. The molecule has 2 heterocycles. The van der Waals surface area contributed by atoms with Crippen molar-refractivity contribution in [3.8, 4) is 11.3 Å². The summed E-state index contributed by atoms with van der Waals surface area (Å²) in [5.41, 5.74) is 4.87. The highest BCUT2D eigenvalue weighted by atomic mass is 35.5. The van der Waals surface area contributed by atoms with E-state index in [0.717, 1.165) is 19.4 Å². The number of nitrogen functional groups attached to an aromatic ring is 1. The Morgan fingerprint density at radius 1 is 1.36 bits per heavy atom. The second kappa shape index (κ2) is 5.80. The van der Waals surface area contributed by atoms with Crippen LogP contribution in [0.15, 0.2) is 24.4 Å². The van der Waals surface area contributed by atoms with Crippen LogP contribution in [0.5, 0.6) is 0 Å². The summed E-state index contributed by atoms with van der Waals surface area (Å²) in [7, 11) is 1.14. The molecule has 9 heteroatoms. The van der Waals surface area contributed by atoms with Gasteiger partial charge in [-0.3, -0.25) is 4.98 Å². The van der Waals surface area contributed by atoms with E-state index in [4.69, 9.17) is 17.3 Å². The molecule has 0 saturated carbocycles. The number of aromatic nitrogens is 2. The lowest BCUT2D eigenvalue weighted by Crippen LogP contribution is -2.09. The number of carbonyl (C=O) groups excluding carboxylic acids is 1. The van der Waals surface area contributed by atoms with Crippen LogP contribution in [0, 0.1) is 0 Å². The molecule has 2 aromatic heterocycles. The first-order chi connectivity index (χ1) is 10.2. The average molecular weight is 332 g/mol. The Morgan fingerprint density at radius 2 is 2.05 bits per heavy atom. The zero-order valence-electron chi connectivity index (χ0n) is 11.1. The van der Waals surface area contributed by atoms with Gasteiger partial charge in [0.2, 0.25) is 0 Å². The zero-order chi connectivity index (χ0) is 16.5. The smallest absolute Gasteiger partial charge is 0.433 e. The Bertz CT molecular complexity index is 718. The maximum Gasteiger partial charge on any atom is 0.433 e. The summed E-state index contributed by atoms with van der Waals surface area (Å²) in [6, 6.07) is 3.31. The van der Waals surface area contributed by atoms with Crippen LogP contribution in [0.1, 0.15) is 16.2 Å². The van der Waals surface area contributed by atoms with Crippen molar-refractivity contribution in [1.29, 1.82) is 0 Å². The molecule has 0 bridgehead atoms. The Labute approximate surface area is 127 Å². The molecule has 0 aliphatic heterocycles. The molecule has 2 aromatic rings. The fraction of sp³-hybridized carbons (Fsp3) is 0.154. The highest BCUT2D eigenvalue weighted by molar-refractivity contribution is 6.35. The molecule has 0 unspecified atom stereocenters. The first-order valence-corrected chi connectivity index (χ1v) is 6.19. The summed E-state index contributed by atoms with van der Waals surface area (Å²) in [5.74, 6) is -0.807. The molecule has 0 saturated heterocycles. The van der Waals surface area contributed by atoms with Crippen LogP contribution in [0.2, 0.25) is 5.02 Å². The number of hydrogen-bond acceptors (Lipinski definition) is 5. The fourth-order valence-corrected chi connectivity index (χ4v) is 1.82. The summed E-state index contributed by atoms with van der Waals surface area (Å²) in [4.78, 5) is 18.8. The topological polar surface area (TPSA) is 78.1 Å². The summed E-state index contributed by atoms with van der Waals surface area (Å²) in [5, 5.41) is -0.0875. The number of carbonyl (C=O) groups is 1. The van der Waals surface area contributed by atoms with Crippen molar-refractivity contribution in [1.82, 2.24) is 9.97 Å². The van der Waals surface area contributed by atoms with Gasteiger partial charge in [0.25, 0.3) is 0 Å². The number of anilines is 1. The predicted octanol–water partition coefficient (Wildman–Crippen LogP) is 3.18. The van der Waals surface area contributed by atoms with Gasteiger partial charge in [-0.15, -0.1) is 0 Å². The molecule has 0 atom stereocenters. The van der Waals surface area contributed by atoms with Gasteiger partial charge in [0.15, 0.2) is 5.69 Å². The first-order valence-electron chi connectivity index (χ1n) is 5.82. The molecule has 22 heavy (non-hydrogen) atoms. The average Bonchev–Trinajstić information content (AvgIpc) is 2.48. The van der Waals surface area contributed by atoms with Crippen molar-refractivity contribution in [2.24, 2.45) is 0 Å². The summed E-state index contributed by atoms with van der Waals surface area (Å²) in [6.07, 6.45) is -3.55. The van der Waals surface area contributed by atoms with Crippen LogP contribution < -0.4 is 5.73 Å². The molecule has 0 fully saturated rings. The van der Waals surface area contributed by atoms with Gasteiger partial charge < -0.3 is 10.5 Å². The lowest BCUT2D eigenvalue weighted by atomic mass is 10.1. The van der Waals surface area contributed by atoms with E-state index in [2.05, 4.69) is 14.7 Å². The third-order valence-corrected chi connectivity index (χ3v) is 3.11. The SMILES string of the molecule is COC(=O)c1nc(-c2ccc(C(F)(F)F)nc2)cc(N)c1Cl. The lowest BCUT2D eigenvalue weighted by Gasteiger charge is -2.09. The molecule has 0 amide bonds. The molecule has 116 valence electrons. The number of ether oxygens (including phenoxy) is 1. The number of hydrogen-bond donors (Lipinski definition) is 1. The molecule has 0 spiro atoms. The van der Waals surface area contributed by atoms with E-state index in [9.17, 15) is 18.0 Å². The highest BCUT2D eigenvalue weighted by Gasteiger charge is 2.32. The number of nitrogens with zero attached hydrogens (tertiary/aromatic N) is 2. The normalized spacial score (nSPS) is 11.3. The molecule has 2 N–H and O–H groups in total. The number of halogens is 4. The molecule has 0 aliphatic rings. The number of alkyl halides is 3. The number of esters is 1. The van der Waals surface area contributed by atoms with Crippen LogP contribution >= 0.6 is 11.6 Å². The second-order valence-electron chi connectivity index (χ2n) is 4.18. The van der Waals surface area contributed by atoms with Crippen LogP contribution in [0.3, 0.4) is 0 Å². The van der Waals surface area contributed by atoms with Crippen LogP contribution in [-0.4, -0.2) is 23.0 Å². The monoisotopic (exact) mass is 331 g/mol. The van der Waals surface area contributed by atoms with Crippen LogP contribution in [0.25, 0.3) is 11.3 Å². The number of rotatable bonds is 2. The van der Waals surface area contributed by atoms with Crippen molar-refractivity contribution in [3.05, 3.63) is 40.8 Å². The van der Waals surface area contributed by atoms with Crippen molar-refractivity contribution in [3.63, 3.8) is 0 Å². The summed E-state index contributed by atoms with van der Waals surface area (Å²) in [6.45, 7) is 0. The molecule has 0 radical (unpaired) electrons. The Morgan fingerprint density at radius 3 is 2.55 bits per heavy atom. The quantitative estimate of drug-likeness (QED) is 0.855. The molecule has 0 aromatic carbocycles. The van der Waals surface area contributed by atoms with Gasteiger partial charge in [-0.2, -0.15) is 13.2 Å². The number of nitrogens with two attached hydrogens (primary N) is 1. The summed E-state index contributed by atoms with van der Waals surface area (Å²) >= 11 is 5.86. The van der Waals surface area contributed by atoms with Gasteiger partial charge in [-0.1, -0.05) is 11.6 Å². The summed E-state index contributed by atoms with van der Waals surface area (Å²) < 4.78 is 42.0. The van der Waals surface area contributed by atoms with Crippen molar-refractivity contribution >= 4 is 23.3 Å². The van der Waals surface area contributed by atoms with Gasteiger partial charge in [-0.05, 0) is 18.2 Å². The maximum absolute atomic E-state index is 12.5. The molecule has 2 rings (SSSR count). The lowest BCUT2D eigenvalue weighted by molar-refractivity contribution is -0.141. The van der Waals surface area contributed by atoms with E-state index in [0.29, 0.717) is 0 Å². The van der Waals surface area contributed by atoms with Gasteiger partial charge in [0, 0.05) is 11.8 Å². The van der Waals surface area contributed by atoms with E-state index >= 15 is 0 Å². The number of pyridine rings is 2. The minimum atomic E-state index is -4.54. The van der Waals surface area contributed by atoms with E-state index in [1.807, 2.05) is 0 Å². The Hall–Kier alpha value is -2.35. The fourth-order valence-electron chi connectivity index (χ4n) is 1.64. The third kappa shape index (κ3) is 3.11.